The first-order chi connectivity index (χ1) is 12.5. The maximum atomic E-state index is 12.8. The van der Waals surface area contributed by atoms with Crippen molar-refractivity contribution >= 4 is 46.7 Å². The summed E-state index contributed by atoms with van der Waals surface area (Å²) in [5.74, 6) is -0.988. The fourth-order valence-electron chi connectivity index (χ4n) is 3.24. The van der Waals surface area contributed by atoms with Gasteiger partial charge in [-0.1, -0.05) is 35.5 Å². The lowest BCUT2D eigenvalue weighted by Crippen LogP contribution is -2.48. The molecule has 4 rings (SSSR count). The van der Waals surface area contributed by atoms with Crippen LogP contribution in [-0.4, -0.2) is 29.1 Å². The molecule has 2 aromatic rings. The molecule has 0 spiro atoms. The van der Waals surface area contributed by atoms with Crippen LogP contribution in [0.25, 0.3) is 0 Å². The number of esters is 1. The molecular formula is C19H14ClNO4S. The number of carbonyl (C=O) groups excluding carboxylic acids is 3. The standard InChI is InChI=1S/C19H14ClNO4S/c20-13-7-5-12(6-8-13)15(22)11-25-18(24)19-10-9-17(23)21(19)14-3-1-2-4-16(14)26-19/h1-8H,9-11H2. The third kappa shape index (κ3) is 2.70. The number of rotatable bonds is 4. The van der Waals surface area contributed by atoms with Gasteiger partial charge in [-0.15, -0.1) is 0 Å². The number of amides is 1. The second kappa shape index (κ2) is 6.45. The molecule has 2 aromatic carbocycles. The fraction of sp³-hybridized carbons (Fsp3) is 0.211. The van der Waals surface area contributed by atoms with Crippen molar-refractivity contribution in [1.82, 2.24) is 0 Å². The van der Waals surface area contributed by atoms with Crippen molar-refractivity contribution < 1.29 is 19.1 Å². The summed E-state index contributed by atoms with van der Waals surface area (Å²) in [7, 11) is 0. The van der Waals surface area contributed by atoms with Crippen LogP contribution in [0.5, 0.6) is 0 Å². The summed E-state index contributed by atoms with van der Waals surface area (Å²) in [6.07, 6.45) is 0.640. The van der Waals surface area contributed by atoms with Gasteiger partial charge in [-0.05, 0) is 36.4 Å². The lowest BCUT2D eigenvalue weighted by molar-refractivity contribution is -0.145. The van der Waals surface area contributed by atoms with Gasteiger partial charge < -0.3 is 4.74 Å². The van der Waals surface area contributed by atoms with Crippen LogP contribution in [0, 0.1) is 0 Å². The van der Waals surface area contributed by atoms with Gasteiger partial charge in [-0.25, -0.2) is 4.79 Å². The molecule has 2 aliphatic rings. The minimum atomic E-state index is -1.11. The highest BCUT2D eigenvalue weighted by molar-refractivity contribution is 8.02. The van der Waals surface area contributed by atoms with Crippen molar-refractivity contribution in [2.75, 3.05) is 11.5 Å². The molecule has 5 nitrogen and oxygen atoms in total. The number of ether oxygens (including phenoxy) is 1. The Kier molecular flexibility index (Phi) is 4.25. The number of anilines is 1. The third-order valence-corrected chi connectivity index (χ3v) is 6.20. The van der Waals surface area contributed by atoms with E-state index in [0.29, 0.717) is 17.0 Å². The molecule has 1 unspecified atom stereocenters. The van der Waals surface area contributed by atoms with Crippen molar-refractivity contribution in [2.45, 2.75) is 22.6 Å². The van der Waals surface area contributed by atoms with Crippen LogP contribution >= 0.6 is 23.4 Å². The number of ketones is 1. The van der Waals surface area contributed by atoms with E-state index >= 15 is 0 Å². The Balaban J connectivity index is 1.52. The average Bonchev–Trinajstić information content (AvgIpc) is 3.16. The highest BCUT2D eigenvalue weighted by Gasteiger charge is 2.58. The van der Waals surface area contributed by atoms with Crippen molar-refractivity contribution in [3.05, 3.63) is 59.1 Å². The summed E-state index contributed by atoms with van der Waals surface area (Å²) in [4.78, 5) is 38.7. The van der Waals surface area contributed by atoms with E-state index in [4.69, 9.17) is 16.3 Å². The minimum Gasteiger partial charge on any atom is -0.455 e. The van der Waals surface area contributed by atoms with Gasteiger partial charge >= 0.3 is 5.97 Å². The highest BCUT2D eigenvalue weighted by Crippen LogP contribution is 2.56. The van der Waals surface area contributed by atoms with Gasteiger partial charge in [0, 0.05) is 28.3 Å². The number of Topliss-reactive ketones (excluding diaryl/α,β-unsaturated/α-hetero) is 1. The molecule has 0 saturated carbocycles. The maximum absolute atomic E-state index is 12.8. The zero-order chi connectivity index (χ0) is 18.3. The first-order valence-electron chi connectivity index (χ1n) is 8.08. The third-order valence-electron chi connectivity index (χ3n) is 4.49. The molecule has 0 N–H and O–H groups in total. The normalized spacial score (nSPS) is 20.7. The Hall–Kier alpha value is -2.31. The number of hydrogen-bond donors (Lipinski definition) is 0. The molecule has 2 heterocycles. The molecule has 0 aliphatic carbocycles. The quantitative estimate of drug-likeness (QED) is 0.591. The van der Waals surface area contributed by atoms with Gasteiger partial charge in [0.25, 0.3) is 0 Å². The van der Waals surface area contributed by atoms with E-state index in [2.05, 4.69) is 0 Å². The molecule has 1 fully saturated rings. The van der Waals surface area contributed by atoms with E-state index in [1.54, 1.807) is 24.3 Å². The summed E-state index contributed by atoms with van der Waals surface area (Å²) in [5.41, 5.74) is 1.14. The number of hydrogen-bond acceptors (Lipinski definition) is 5. The van der Waals surface area contributed by atoms with Gasteiger partial charge in [0.2, 0.25) is 5.91 Å². The zero-order valence-electron chi connectivity index (χ0n) is 13.6. The SMILES string of the molecule is O=C(COC(=O)C12CCC(=O)N1c1ccccc1S2)c1ccc(Cl)cc1. The highest BCUT2D eigenvalue weighted by atomic mass is 35.5. The number of thioether (sulfide) groups is 1. The first kappa shape index (κ1) is 17.1. The van der Waals surface area contributed by atoms with Gasteiger partial charge in [-0.3, -0.25) is 14.5 Å². The Labute approximate surface area is 159 Å². The van der Waals surface area contributed by atoms with Crippen LogP contribution < -0.4 is 4.90 Å². The second-order valence-electron chi connectivity index (χ2n) is 6.09. The number of halogens is 1. The Bertz CT molecular complexity index is 914. The van der Waals surface area contributed by atoms with Gasteiger partial charge in [0.15, 0.2) is 17.3 Å². The number of nitrogens with zero attached hydrogens (tertiary/aromatic N) is 1. The summed E-state index contributed by atoms with van der Waals surface area (Å²) in [5, 5.41) is 0.526. The summed E-state index contributed by atoms with van der Waals surface area (Å²) < 4.78 is 5.32. The van der Waals surface area contributed by atoms with Crippen molar-refractivity contribution in [3.8, 4) is 0 Å². The first-order valence-corrected chi connectivity index (χ1v) is 9.28. The van der Waals surface area contributed by atoms with E-state index < -0.39 is 10.8 Å². The Morgan fingerprint density at radius 1 is 1.15 bits per heavy atom. The zero-order valence-corrected chi connectivity index (χ0v) is 15.2. The van der Waals surface area contributed by atoms with Crippen LogP contribution in [0.2, 0.25) is 5.02 Å². The fourth-order valence-corrected chi connectivity index (χ4v) is 4.77. The van der Waals surface area contributed by atoms with Gasteiger partial charge in [0.1, 0.15) is 0 Å². The topological polar surface area (TPSA) is 63.7 Å². The number of carbonyl (C=O) groups is 3. The molecule has 7 heteroatoms. The van der Waals surface area contributed by atoms with E-state index in [1.807, 2.05) is 24.3 Å². The summed E-state index contributed by atoms with van der Waals surface area (Å²) in [6, 6.07) is 13.8. The van der Waals surface area contributed by atoms with E-state index in [9.17, 15) is 14.4 Å². The molecule has 0 bridgehead atoms. The summed E-state index contributed by atoms with van der Waals surface area (Å²) in [6.45, 7) is -0.374. The number of benzene rings is 2. The number of fused-ring (bicyclic) bond motifs is 3. The van der Waals surface area contributed by atoms with Gasteiger partial charge in [-0.2, -0.15) is 0 Å². The predicted octanol–water partition coefficient (Wildman–Crippen LogP) is 3.69. The largest absolute Gasteiger partial charge is 0.455 e. The second-order valence-corrected chi connectivity index (χ2v) is 7.85. The molecule has 0 aromatic heterocycles. The Morgan fingerprint density at radius 2 is 1.88 bits per heavy atom. The Morgan fingerprint density at radius 3 is 2.65 bits per heavy atom. The lowest BCUT2D eigenvalue weighted by atomic mass is 10.1. The monoisotopic (exact) mass is 387 g/mol. The molecule has 1 saturated heterocycles. The molecule has 0 radical (unpaired) electrons. The minimum absolute atomic E-state index is 0.108. The van der Waals surface area contributed by atoms with E-state index in [-0.39, 0.29) is 24.7 Å². The smallest absolute Gasteiger partial charge is 0.343 e. The summed E-state index contributed by atoms with van der Waals surface area (Å²) >= 11 is 7.13. The molecule has 1 atom stereocenters. The lowest BCUT2D eigenvalue weighted by Gasteiger charge is -2.28. The van der Waals surface area contributed by atoms with E-state index in [1.165, 1.54) is 16.7 Å². The van der Waals surface area contributed by atoms with E-state index in [0.717, 1.165) is 10.6 Å². The van der Waals surface area contributed by atoms with Crippen molar-refractivity contribution in [3.63, 3.8) is 0 Å². The predicted molar refractivity (Wildman–Crippen MR) is 98.5 cm³/mol. The maximum Gasteiger partial charge on any atom is 0.343 e. The van der Waals surface area contributed by atoms with Crippen molar-refractivity contribution in [2.24, 2.45) is 0 Å². The van der Waals surface area contributed by atoms with Crippen LogP contribution in [0.1, 0.15) is 23.2 Å². The number of para-hydroxylation sites is 1. The van der Waals surface area contributed by atoms with Crippen molar-refractivity contribution in [1.29, 1.82) is 0 Å². The molecule has 1 amide bonds. The molecule has 2 aliphatic heterocycles. The van der Waals surface area contributed by atoms with Crippen LogP contribution in [0.15, 0.2) is 53.4 Å². The van der Waals surface area contributed by atoms with Crippen LogP contribution in [0.4, 0.5) is 5.69 Å². The van der Waals surface area contributed by atoms with Crippen LogP contribution in [0.3, 0.4) is 0 Å². The van der Waals surface area contributed by atoms with Crippen LogP contribution in [-0.2, 0) is 14.3 Å². The molecule has 132 valence electrons. The average molecular weight is 388 g/mol. The molecular weight excluding hydrogens is 374 g/mol. The molecule has 26 heavy (non-hydrogen) atoms. The van der Waals surface area contributed by atoms with Gasteiger partial charge in [0.05, 0.1) is 5.69 Å².